The molecular weight excluding hydrogens is 277 g/mol. The van der Waals surface area contributed by atoms with Gasteiger partial charge in [-0.2, -0.15) is 13.2 Å². The maximum atomic E-state index is 12.2. The largest absolute Gasteiger partial charge is 0.477 e. The zero-order valence-corrected chi connectivity index (χ0v) is 11.2. The van der Waals surface area contributed by atoms with Gasteiger partial charge >= 0.3 is 12.1 Å². The topological polar surface area (TPSA) is 82.2 Å². The number of halogens is 3. The number of H-pyrrole nitrogens is 1. The van der Waals surface area contributed by atoms with Crippen LogP contribution in [0.15, 0.2) is 0 Å². The molecule has 0 aliphatic rings. The summed E-state index contributed by atoms with van der Waals surface area (Å²) in [5.41, 5.74) is 0.427. The normalized spacial score (nSPS) is 13.1. The molecular formula is C12H15F3N2O3. The number of aryl methyl sites for hydroxylation is 1. The van der Waals surface area contributed by atoms with Crippen LogP contribution in [0.25, 0.3) is 0 Å². The molecule has 1 rings (SSSR count). The maximum absolute atomic E-state index is 12.2. The summed E-state index contributed by atoms with van der Waals surface area (Å²) in [5, 5.41) is 11.1. The van der Waals surface area contributed by atoms with Crippen molar-refractivity contribution in [1.82, 2.24) is 10.3 Å². The van der Waals surface area contributed by atoms with Gasteiger partial charge in [-0.1, -0.05) is 0 Å². The highest BCUT2D eigenvalue weighted by atomic mass is 19.4. The molecule has 0 aromatic carbocycles. The fourth-order valence-corrected chi connectivity index (χ4v) is 2.00. The van der Waals surface area contributed by atoms with E-state index in [1.54, 1.807) is 0 Å². The number of rotatable bonds is 4. The number of alkyl halides is 3. The minimum absolute atomic E-state index is 0.0661. The fourth-order valence-electron chi connectivity index (χ4n) is 2.00. The molecule has 0 aliphatic carbocycles. The van der Waals surface area contributed by atoms with E-state index >= 15 is 0 Å². The zero-order chi connectivity index (χ0) is 15.7. The van der Waals surface area contributed by atoms with E-state index in [0.29, 0.717) is 5.69 Å². The summed E-state index contributed by atoms with van der Waals surface area (Å²) in [5.74, 6) is -1.95. The number of hydrogen-bond donors (Lipinski definition) is 3. The van der Waals surface area contributed by atoms with E-state index in [1.807, 2.05) is 0 Å². The van der Waals surface area contributed by atoms with Gasteiger partial charge < -0.3 is 15.4 Å². The molecule has 0 radical (unpaired) electrons. The number of carboxylic acid groups (broad SMARTS) is 1. The smallest absolute Gasteiger partial charge is 0.391 e. The van der Waals surface area contributed by atoms with Crippen LogP contribution in [-0.4, -0.2) is 34.2 Å². The molecule has 1 amide bonds. The van der Waals surface area contributed by atoms with Crippen LogP contribution in [0.1, 0.15) is 45.4 Å². The molecule has 1 atom stereocenters. The third kappa shape index (κ3) is 3.75. The Hall–Kier alpha value is -1.99. The number of hydrogen-bond acceptors (Lipinski definition) is 2. The van der Waals surface area contributed by atoms with Crippen LogP contribution in [0.5, 0.6) is 0 Å². The van der Waals surface area contributed by atoms with E-state index in [9.17, 15) is 22.8 Å². The Bertz CT molecular complexity index is 535. The van der Waals surface area contributed by atoms with Crippen LogP contribution in [0.3, 0.4) is 0 Å². The molecule has 0 saturated carbocycles. The molecule has 8 heteroatoms. The summed E-state index contributed by atoms with van der Waals surface area (Å²) < 4.78 is 36.6. The molecule has 1 heterocycles. The number of carbonyl (C=O) groups excluding carboxylic acids is 1. The standard InChI is InChI=1S/C12H15F3N2O3/c1-5(4-12(13,14)15)16-10(18)8-6(2)9(11(19)20)17-7(8)3/h5,17H,4H2,1-3H3,(H,16,18)(H,19,20). The molecule has 1 aromatic rings. The molecule has 3 N–H and O–H groups in total. The average molecular weight is 292 g/mol. The van der Waals surface area contributed by atoms with E-state index in [0.717, 1.165) is 0 Å². The third-order valence-corrected chi connectivity index (χ3v) is 2.79. The van der Waals surface area contributed by atoms with E-state index in [1.165, 1.54) is 20.8 Å². The quantitative estimate of drug-likeness (QED) is 0.797. The van der Waals surface area contributed by atoms with Crippen molar-refractivity contribution in [1.29, 1.82) is 0 Å². The number of amides is 1. The Morgan fingerprint density at radius 1 is 1.35 bits per heavy atom. The first-order chi connectivity index (χ1) is 9.03. The molecule has 0 spiro atoms. The Morgan fingerprint density at radius 2 is 1.90 bits per heavy atom. The minimum Gasteiger partial charge on any atom is -0.477 e. The zero-order valence-electron chi connectivity index (χ0n) is 11.2. The van der Waals surface area contributed by atoms with Crippen molar-refractivity contribution in [3.05, 3.63) is 22.5 Å². The predicted octanol–water partition coefficient (Wildman–Crippen LogP) is 2.40. The summed E-state index contributed by atoms with van der Waals surface area (Å²) in [6.45, 7) is 4.15. The lowest BCUT2D eigenvalue weighted by Gasteiger charge is -2.16. The molecule has 1 unspecified atom stereocenters. The van der Waals surface area contributed by atoms with Gasteiger partial charge in [0, 0.05) is 11.7 Å². The van der Waals surface area contributed by atoms with Crippen molar-refractivity contribution in [3.63, 3.8) is 0 Å². The van der Waals surface area contributed by atoms with Crippen LogP contribution in [0.2, 0.25) is 0 Å². The summed E-state index contributed by atoms with van der Waals surface area (Å²) in [6, 6.07) is -1.09. The highest BCUT2D eigenvalue weighted by Crippen LogP contribution is 2.22. The van der Waals surface area contributed by atoms with E-state index < -0.39 is 30.5 Å². The van der Waals surface area contributed by atoms with Gasteiger partial charge in [-0.05, 0) is 26.3 Å². The highest BCUT2D eigenvalue weighted by Gasteiger charge is 2.31. The molecule has 1 aromatic heterocycles. The van der Waals surface area contributed by atoms with Gasteiger partial charge in [0.1, 0.15) is 5.69 Å². The molecule has 0 fully saturated rings. The van der Waals surface area contributed by atoms with Crippen LogP contribution >= 0.6 is 0 Å². The van der Waals surface area contributed by atoms with Crippen molar-refractivity contribution in [3.8, 4) is 0 Å². The second-order valence-electron chi connectivity index (χ2n) is 4.62. The minimum atomic E-state index is -4.37. The number of nitrogens with one attached hydrogen (secondary N) is 2. The van der Waals surface area contributed by atoms with E-state index in [-0.39, 0.29) is 16.8 Å². The third-order valence-electron chi connectivity index (χ3n) is 2.79. The Balaban J connectivity index is 2.91. The molecule has 5 nitrogen and oxygen atoms in total. The molecule has 112 valence electrons. The van der Waals surface area contributed by atoms with E-state index in [2.05, 4.69) is 10.3 Å². The SMILES string of the molecule is Cc1[nH]c(C(=O)O)c(C)c1C(=O)NC(C)CC(F)(F)F. The van der Waals surface area contributed by atoms with Crippen LogP contribution in [0.4, 0.5) is 13.2 Å². The number of aromatic amines is 1. The lowest BCUT2D eigenvalue weighted by Crippen LogP contribution is -2.36. The van der Waals surface area contributed by atoms with Crippen molar-refractivity contribution in [2.45, 2.75) is 39.4 Å². The van der Waals surface area contributed by atoms with Crippen LogP contribution < -0.4 is 5.32 Å². The molecule has 20 heavy (non-hydrogen) atoms. The van der Waals surface area contributed by atoms with Crippen molar-refractivity contribution >= 4 is 11.9 Å². The molecule has 0 aliphatic heterocycles. The van der Waals surface area contributed by atoms with Gasteiger partial charge in [-0.3, -0.25) is 4.79 Å². The molecule has 0 bridgehead atoms. The van der Waals surface area contributed by atoms with E-state index in [4.69, 9.17) is 5.11 Å². The van der Waals surface area contributed by atoms with Gasteiger partial charge in [0.05, 0.1) is 12.0 Å². The van der Waals surface area contributed by atoms with Crippen LogP contribution in [0, 0.1) is 13.8 Å². The predicted molar refractivity (Wildman–Crippen MR) is 64.8 cm³/mol. The monoisotopic (exact) mass is 292 g/mol. The second-order valence-corrected chi connectivity index (χ2v) is 4.62. The van der Waals surface area contributed by atoms with Crippen molar-refractivity contribution in [2.24, 2.45) is 0 Å². The average Bonchev–Trinajstić information content (AvgIpc) is 2.50. The number of aromatic nitrogens is 1. The van der Waals surface area contributed by atoms with Crippen molar-refractivity contribution in [2.75, 3.05) is 0 Å². The number of carboxylic acids is 1. The summed E-state index contributed by atoms with van der Waals surface area (Å²) in [4.78, 5) is 25.4. The molecule has 0 saturated heterocycles. The first-order valence-corrected chi connectivity index (χ1v) is 5.83. The van der Waals surface area contributed by atoms with Gasteiger partial charge in [0.25, 0.3) is 5.91 Å². The van der Waals surface area contributed by atoms with Crippen LogP contribution in [-0.2, 0) is 0 Å². The van der Waals surface area contributed by atoms with Gasteiger partial charge in [-0.15, -0.1) is 0 Å². The fraction of sp³-hybridized carbons (Fsp3) is 0.500. The lowest BCUT2D eigenvalue weighted by atomic mass is 10.1. The Morgan fingerprint density at radius 3 is 2.30 bits per heavy atom. The Labute approximate surface area is 113 Å². The van der Waals surface area contributed by atoms with Gasteiger partial charge in [-0.25, -0.2) is 4.79 Å². The summed E-state index contributed by atoms with van der Waals surface area (Å²) in [7, 11) is 0. The van der Waals surface area contributed by atoms with Crippen molar-refractivity contribution < 1.29 is 27.9 Å². The number of carbonyl (C=O) groups is 2. The second kappa shape index (κ2) is 5.56. The first-order valence-electron chi connectivity index (χ1n) is 5.83. The van der Waals surface area contributed by atoms with Gasteiger partial charge in [0.2, 0.25) is 0 Å². The maximum Gasteiger partial charge on any atom is 0.391 e. The highest BCUT2D eigenvalue weighted by molar-refractivity contribution is 6.00. The van der Waals surface area contributed by atoms with Gasteiger partial charge in [0.15, 0.2) is 0 Å². The number of aromatic carboxylic acids is 1. The lowest BCUT2D eigenvalue weighted by molar-refractivity contribution is -0.138. The first kappa shape index (κ1) is 16.1. The summed E-state index contributed by atoms with van der Waals surface area (Å²) in [6.07, 6.45) is -5.52. The Kier molecular flexibility index (Phi) is 4.46. The summed E-state index contributed by atoms with van der Waals surface area (Å²) >= 11 is 0.